The fraction of sp³-hybridized carbons (Fsp3) is 0.727. The summed E-state index contributed by atoms with van der Waals surface area (Å²) in [5.74, 6) is -3.20. The van der Waals surface area contributed by atoms with Gasteiger partial charge in [0.1, 0.15) is 6.04 Å². The van der Waals surface area contributed by atoms with Crippen LogP contribution in [0, 0.1) is 0 Å². The van der Waals surface area contributed by atoms with Gasteiger partial charge in [-0.1, -0.05) is 0 Å². The number of carbonyl (C=O) groups is 3. The van der Waals surface area contributed by atoms with Gasteiger partial charge in [0.2, 0.25) is 11.8 Å². The molecule has 0 rings (SSSR count). The van der Waals surface area contributed by atoms with Gasteiger partial charge in [-0.25, -0.2) is 13.2 Å². The van der Waals surface area contributed by atoms with E-state index in [1.165, 1.54) is 4.90 Å². The zero-order chi connectivity index (χ0) is 15.9. The largest absolute Gasteiger partial charge is 0.480 e. The lowest BCUT2D eigenvalue weighted by atomic mass is 10.3. The molecule has 0 saturated carbocycles. The number of carbonyl (C=O) groups excluding carboxylic acids is 2. The van der Waals surface area contributed by atoms with Crippen molar-refractivity contribution >= 4 is 27.6 Å². The lowest BCUT2D eigenvalue weighted by Gasteiger charge is -2.14. The molecular formula is C11H20N2O6S. The van der Waals surface area contributed by atoms with E-state index < -0.39 is 33.5 Å². The van der Waals surface area contributed by atoms with Gasteiger partial charge in [-0.15, -0.1) is 0 Å². The second kappa shape index (κ2) is 7.83. The summed E-state index contributed by atoms with van der Waals surface area (Å²) in [5.41, 5.74) is 0. The Labute approximate surface area is 118 Å². The molecule has 0 aromatic heterocycles. The summed E-state index contributed by atoms with van der Waals surface area (Å²) in [5, 5.41) is 10.9. The molecule has 0 spiro atoms. The highest BCUT2D eigenvalue weighted by Gasteiger charge is 2.25. The van der Waals surface area contributed by atoms with Gasteiger partial charge in [-0.3, -0.25) is 9.59 Å². The average molecular weight is 308 g/mol. The maximum Gasteiger partial charge on any atom is 0.327 e. The lowest BCUT2D eigenvalue weighted by Crippen LogP contribution is -2.44. The zero-order valence-corrected chi connectivity index (χ0v) is 12.6. The minimum atomic E-state index is -3.66. The number of hydrogen-bond donors (Lipinski definition) is 2. The van der Waals surface area contributed by atoms with Crippen LogP contribution >= 0.6 is 0 Å². The summed E-state index contributed by atoms with van der Waals surface area (Å²) in [6.07, 6.45) is 0.190. The third kappa shape index (κ3) is 7.72. The molecule has 2 amide bonds. The van der Waals surface area contributed by atoms with Crippen LogP contribution in [0.2, 0.25) is 0 Å². The standard InChI is InChI=1S/C11H20N2O6S/c1-8(14)12-9(11(16)17)7-20(18,19)6-4-5-10(15)13(2)3/h9H,4-7H2,1-3H3,(H,12,14)(H,16,17). The molecule has 0 fully saturated rings. The van der Waals surface area contributed by atoms with Crippen molar-refractivity contribution in [1.82, 2.24) is 10.2 Å². The number of nitrogens with one attached hydrogen (secondary N) is 1. The summed E-state index contributed by atoms with van der Waals surface area (Å²) in [6.45, 7) is 1.11. The highest BCUT2D eigenvalue weighted by atomic mass is 32.2. The monoisotopic (exact) mass is 308 g/mol. The van der Waals surface area contributed by atoms with Crippen LogP contribution < -0.4 is 5.32 Å². The molecule has 0 heterocycles. The molecule has 0 saturated heterocycles. The summed E-state index contributed by atoms with van der Waals surface area (Å²) in [6, 6.07) is -1.47. The van der Waals surface area contributed by atoms with Crippen LogP contribution in [0.5, 0.6) is 0 Å². The van der Waals surface area contributed by atoms with Crippen LogP contribution in [-0.2, 0) is 24.2 Å². The number of aliphatic carboxylic acids is 1. The highest BCUT2D eigenvalue weighted by Crippen LogP contribution is 2.02. The fourth-order valence-corrected chi connectivity index (χ4v) is 2.91. The first kappa shape index (κ1) is 18.4. The van der Waals surface area contributed by atoms with Crippen LogP contribution in [0.15, 0.2) is 0 Å². The van der Waals surface area contributed by atoms with Crippen molar-refractivity contribution < 1.29 is 27.9 Å². The van der Waals surface area contributed by atoms with Crippen molar-refractivity contribution in [2.75, 3.05) is 25.6 Å². The van der Waals surface area contributed by atoms with E-state index in [1.807, 2.05) is 0 Å². The molecule has 116 valence electrons. The molecule has 0 aliphatic rings. The second-order valence-electron chi connectivity index (χ2n) is 4.60. The number of carboxylic acids is 1. The van der Waals surface area contributed by atoms with Gasteiger partial charge in [0.25, 0.3) is 0 Å². The smallest absolute Gasteiger partial charge is 0.327 e. The molecule has 2 N–H and O–H groups in total. The van der Waals surface area contributed by atoms with E-state index in [0.29, 0.717) is 0 Å². The minimum absolute atomic E-state index is 0.0735. The van der Waals surface area contributed by atoms with E-state index in [0.717, 1.165) is 6.92 Å². The Balaban J connectivity index is 4.45. The molecule has 0 radical (unpaired) electrons. The SMILES string of the molecule is CC(=O)NC(CS(=O)(=O)CCCC(=O)N(C)C)C(=O)O. The Morgan fingerprint density at radius 3 is 2.20 bits per heavy atom. The quantitative estimate of drug-likeness (QED) is 0.584. The van der Waals surface area contributed by atoms with Crippen molar-refractivity contribution in [3.05, 3.63) is 0 Å². The fourth-order valence-electron chi connectivity index (χ4n) is 1.42. The third-order valence-corrected chi connectivity index (χ3v) is 4.19. The van der Waals surface area contributed by atoms with Crippen molar-refractivity contribution in [3.8, 4) is 0 Å². The van der Waals surface area contributed by atoms with Gasteiger partial charge in [0.15, 0.2) is 9.84 Å². The van der Waals surface area contributed by atoms with Gasteiger partial charge >= 0.3 is 5.97 Å². The zero-order valence-electron chi connectivity index (χ0n) is 11.7. The predicted molar refractivity (Wildman–Crippen MR) is 71.8 cm³/mol. The maximum absolute atomic E-state index is 11.7. The number of amides is 2. The van der Waals surface area contributed by atoms with Crippen LogP contribution in [0.1, 0.15) is 19.8 Å². The molecule has 0 aliphatic heterocycles. The van der Waals surface area contributed by atoms with E-state index in [2.05, 4.69) is 5.32 Å². The minimum Gasteiger partial charge on any atom is -0.480 e. The van der Waals surface area contributed by atoms with Gasteiger partial charge < -0.3 is 15.3 Å². The number of sulfone groups is 1. The normalized spacial score (nSPS) is 12.6. The van der Waals surface area contributed by atoms with E-state index >= 15 is 0 Å². The van der Waals surface area contributed by atoms with Crippen molar-refractivity contribution in [2.24, 2.45) is 0 Å². The number of rotatable bonds is 8. The highest BCUT2D eigenvalue weighted by molar-refractivity contribution is 7.91. The molecule has 9 heteroatoms. The first-order valence-corrected chi connectivity index (χ1v) is 7.78. The van der Waals surface area contributed by atoms with E-state index in [9.17, 15) is 22.8 Å². The van der Waals surface area contributed by atoms with Crippen LogP contribution in [0.3, 0.4) is 0 Å². The Morgan fingerprint density at radius 1 is 1.25 bits per heavy atom. The summed E-state index contributed by atoms with van der Waals surface area (Å²) >= 11 is 0. The third-order valence-electron chi connectivity index (χ3n) is 2.44. The molecule has 0 aliphatic carbocycles. The molecule has 1 atom stereocenters. The van der Waals surface area contributed by atoms with Gasteiger partial charge in [-0.2, -0.15) is 0 Å². The molecule has 8 nitrogen and oxygen atoms in total. The summed E-state index contributed by atoms with van der Waals surface area (Å²) < 4.78 is 23.5. The van der Waals surface area contributed by atoms with Crippen LogP contribution in [0.4, 0.5) is 0 Å². The first-order chi connectivity index (χ1) is 9.05. The lowest BCUT2D eigenvalue weighted by molar-refractivity contribution is -0.140. The summed E-state index contributed by atoms with van der Waals surface area (Å²) in [7, 11) is -0.532. The van der Waals surface area contributed by atoms with Gasteiger partial charge in [0, 0.05) is 27.4 Å². The van der Waals surface area contributed by atoms with Crippen molar-refractivity contribution in [2.45, 2.75) is 25.8 Å². The maximum atomic E-state index is 11.7. The molecular weight excluding hydrogens is 288 g/mol. The average Bonchev–Trinajstić information content (AvgIpc) is 2.26. The van der Waals surface area contributed by atoms with Crippen molar-refractivity contribution in [3.63, 3.8) is 0 Å². The molecule has 0 bridgehead atoms. The number of hydrogen-bond acceptors (Lipinski definition) is 5. The van der Waals surface area contributed by atoms with Gasteiger partial charge in [0.05, 0.1) is 11.5 Å². The Kier molecular flexibility index (Phi) is 7.19. The second-order valence-corrected chi connectivity index (χ2v) is 6.83. The molecule has 20 heavy (non-hydrogen) atoms. The molecule has 0 aromatic carbocycles. The topological polar surface area (TPSA) is 121 Å². The molecule has 0 aromatic rings. The number of carboxylic acid groups (broad SMARTS) is 1. The van der Waals surface area contributed by atoms with Crippen molar-refractivity contribution in [1.29, 1.82) is 0 Å². The van der Waals surface area contributed by atoms with Crippen LogP contribution in [-0.4, -0.2) is 67.9 Å². The number of nitrogens with zero attached hydrogens (tertiary/aromatic N) is 1. The Bertz CT molecular complexity index is 471. The predicted octanol–water partition coefficient (Wildman–Crippen LogP) is -1.14. The first-order valence-electron chi connectivity index (χ1n) is 5.95. The summed E-state index contributed by atoms with van der Waals surface area (Å²) in [4.78, 5) is 34.3. The van der Waals surface area contributed by atoms with E-state index in [-0.39, 0.29) is 24.5 Å². The Hall–Kier alpha value is -1.64. The van der Waals surface area contributed by atoms with Gasteiger partial charge in [-0.05, 0) is 6.42 Å². The Morgan fingerprint density at radius 2 is 1.80 bits per heavy atom. The van der Waals surface area contributed by atoms with Crippen LogP contribution in [0.25, 0.3) is 0 Å². The molecule has 1 unspecified atom stereocenters. The van der Waals surface area contributed by atoms with E-state index in [1.54, 1.807) is 14.1 Å². The van der Waals surface area contributed by atoms with E-state index in [4.69, 9.17) is 5.11 Å².